The summed E-state index contributed by atoms with van der Waals surface area (Å²) in [7, 11) is -1.24. The lowest BCUT2D eigenvalue weighted by Crippen LogP contribution is -2.49. The number of esters is 1. The van der Waals surface area contributed by atoms with Crippen LogP contribution in [0.15, 0.2) is 42.9 Å². The summed E-state index contributed by atoms with van der Waals surface area (Å²) in [5.74, 6) is 0.0933. The van der Waals surface area contributed by atoms with Crippen molar-refractivity contribution in [2.24, 2.45) is 0 Å². The van der Waals surface area contributed by atoms with Gasteiger partial charge in [0, 0.05) is 39.5 Å². The molecule has 3 aromatic rings. The molecule has 0 saturated carbocycles. The minimum Gasteiger partial charge on any atom is -0.459 e. The number of nitrogens with one attached hydrogen (secondary N) is 1. The van der Waals surface area contributed by atoms with Crippen LogP contribution in [0.2, 0.25) is 25.7 Å². The summed E-state index contributed by atoms with van der Waals surface area (Å²) in [6, 6.07) is 10.7. The fraction of sp³-hybridized carbons (Fsp3) is 0.533. The zero-order chi connectivity index (χ0) is 29.6. The molecular weight excluding hydrogens is 538 g/mol. The number of rotatable bonds is 11. The summed E-state index contributed by atoms with van der Waals surface area (Å²) < 4.78 is 19.0. The molecule has 0 bridgehead atoms. The Morgan fingerprint density at radius 2 is 1.88 bits per heavy atom. The third kappa shape index (κ3) is 8.29. The molecule has 41 heavy (non-hydrogen) atoms. The van der Waals surface area contributed by atoms with Crippen LogP contribution in [0, 0.1) is 0 Å². The number of fused-ring (bicyclic) bond motifs is 1. The van der Waals surface area contributed by atoms with Gasteiger partial charge in [0.1, 0.15) is 31.1 Å². The fourth-order valence-electron chi connectivity index (χ4n) is 4.78. The van der Waals surface area contributed by atoms with Gasteiger partial charge in [-0.1, -0.05) is 50.0 Å². The summed E-state index contributed by atoms with van der Waals surface area (Å²) in [5, 5.41) is 4.08. The zero-order valence-corrected chi connectivity index (χ0v) is 26.1. The average molecular weight is 582 g/mol. The number of aromatic nitrogens is 3. The van der Waals surface area contributed by atoms with Crippen molar-refractivity contribution in [3.63, 3.8) is 0 Å². The molecular formula is C30H43N5O5Si. The Labute approximate surface area is 243 Å². The summed E-state index contributed by atoms with van der Waals surface area (Å²) in [6.07, 6.45) is 4.24. The van der Waals surface area contributed by atoms with E-state index in [4.69, 9.17) is 14.2 Å². The van der Waals surface area contributed by atoms with E-state index in [1.807, 2.05) is 55.7 Å². The van der Waals surface area contributed by atoms with Crippen LogP contribution in [-0.2, 0) is 27.5 Å². The van der Waals surface area contributed by atoms with Gasteiger partial charge in [0.15, 0.2) is 0 Å². The molecule has 1 aliphatic heterocycles. The van der Waals surface area contributed by atoms with Gasteiger partial charge in [-0.05, 0) is 45.2 Å². The molecule has 2 aromatic heterocycles. The van der Waals surface area contributed by atoms with E-state index in [-0.39, 0.29) is 37.6 Å². The molecule has 0 spiro atoms. The topological polar surface area (TPSA) is 108 Å². The Morgan fingerprint density at radius 3 is 2.59 bits per heavy atom. The molecule has 1 aliphatic rings. The highest BCUT2D eigenvalue weighted by Gasteiger charge is 2.31. The van der Waals surface area contributed by atoms with Gasteiger partial charge in [0.25, 0.3) is 0 Å². The standard InChI is InChI=1S/C30H43N5O5Si/c1-21(2)40-29(36)25-17-34(20-38-14-15-41(4,5)6)28-26(25)27(31-19-32-28)33-24-13-12-22(3)35(16-24)30(37)39-18-23-10-8-7-9-11-23/h7-11,17,19,21-22,24H,12-16,18,20H2,1-6H3,(H,31,32,33)/t22-,24+/m0/s1. The number of benzene rings is 1. The number of ether oxygens (including phenoxy) is 3. The third-order valence-electron chi connectivity index (χ3n) is 7.11. The van der Waals surface area contributed by atoms with Crippen molar-refractivity contribution in [3.8, 4) is 0 Å². The molecule has 0 aliphatic carbocycles. The average Bonchev–Trinajstić information content (AvgIpc) is 3.30. The van der Waals surface area contributed by atoms with E-state index in [0.29, 0.717) is 35.6 Å². The van der Waals surface area contributed by atoms with Gasteiger partial charge in [-0.3, -0.25) is 0 Å². The maximum Gasteiger partial charge on any atom is 0.410 e. The number of carbonyl (C=O) groups excluding carboxylic acids is 2. The number of piperidine rings is 1. The first kappa shape index (κ1) is 30.5. The van der Waals surface area contributed by atoms with E-state index in [2.05, 4.69) is 34.9 Å². The quantitative estimate of drug-likeness (QED) is 0.169. The number of hydrogen-bond donors (Lipinski definition) is 1. The van der Waals surface area contributed by atoms with Crippen molar-refractivity contribution >= 4 is 37.0 Å². The number of anilines is 1. The monoisotopic (exact) mass is 581 g/mol. The van der Waals surface area contributed by atoms with E-state index in [9.17, 15) is 9.59 Å². The first-order valence-corrected chi connectivity index (χ1v) is 18.1. The Kier molecular flexibility index (Phi) is 10.0. The molecule has 0 radical (unpaired) electrons. The number of nitrogens with zero attached hydrogens (tertiary/aromatic N) is 4. The van der Waals surface area contributed by atoms with Crippen LogP contribution in [0.25, 0.3) is 11.0 Å². The van der Waals surface area contributed by atoms with Crippen LogP contribution in [-0.4, -0.2) is 70.9 Å². The fourth-order valence-corrected chi connectivity index (χ4v) is 5.54. The van der Waals surface area contributed by atoms with Gasteiger partial charge in [-0.15, -0.1) is 0 Å². The largest absolute Gasteiger partial charge is 0.459 e. The Balaban J connectivity index is 1.52. The van der Waals surface area contributed by atoms with Gasteiger partial charge in [0.2, 0.25) is 0 Å². The number of likely N-dealkylation sites (tertiary alicyclic amines) is 1. The van der Waals surface area contributed by atoms with Crippen LogP contribution in [0.5, 0.6) is 0 Å². The summed E-state index contributed by atoms with van der Waals surface area (Å²) in [4.78, 5) is 36.9. The van der Waals surface area contributed by atoms with Gasteiger partial charge < -0.3 is 29.0 Å². The highest BCUT2D eigenvalue weighted by atomic mass is 28.3. The highest BCUT2D eigenvalue weighted by Crippen LogP contribution is 2.29. The molecule has 222 valence electrons. The lowest BCUT2D eigenvalue weighted by atomic mass is 9.99. The zero-order valence-electron chi connectivity index (χ0n) is 25.1. The molecule has 1 fully saturated rings. The van der Waals surface area contributed by atoms with E-state index >= 15 is 0 Å². The minimum absolute atomic E-state index is 0.0488. The van der Waals surface area contributed by atoms with Crippen molar-refractivity contribution in [2.75, 3.05) is 18.5 Å². The predicted octanol–water partition coefficient (Wildman–Crippen LogP) is 5.91. The Morgan fingerprint density at radius 1 is 1.12 bits per heavy atom. The van der Waals surface area contributed by atoms with E-state index < -0.39 is 14.0 Å². The molecule has 11 heteroatoms. The van der Waals surface area contributed by atoms with E-state index in [1.54, 1.807) is 11.1 Å². The van der Waals surface area contributed by atoms with Crippen molar-refractivity contribution in [1.29, 1.82) is 0 Å². The molecule has 2 atom stereocenters. The number of carbonyl (C=O) groups is 2. The summed E-state index contributed by atoms with van der Waals surface area (Å²) in [6.45, 7) is 14.2. The smallest absolute Gasteiger partial charge is 0.410 e. The number of amides is 1. The van der Waals surface area contributed by atoms with Gasteiger partial charge in [0.05, 0.1) is 17.1 Å². The molecule has 1 saturated heterocycles. The molecule has 1 N–H and O–H groups in total. The lowest BCUT2D eigenvalue weighted by molar-refractivity contribution is 0.0379. The summed E-state index contributed by atoms with van der Waals surface area (Å²) in [5.41, 5.74) is 1.92. The maximum atomic E-state index is 13.1. The number of hydrogen-bond acceptors (Lipinski definition) is 8. The van der Waals surface area contributed by atoms with Gasteiger partial charge in [-0.2, -0.15) is 0 Å². The first-order valence-electron chi connectivity index (χ1n) is 14.4. The van der Waals surface area contributed by atoms with Gasteiger partial charge in [-0.25, -0.2) is 19.6 Å². The van der Waals surface area contributed by atoms with Crippen molar-refractivity contribution in [3.05, 3.63) is 54.0 Å². The van der Waals surface area contributed by atoms with Crippen LogP contribution in [0.4, 0.5) is 10.6 Å². The summed E-state index contributed by atoms with van der Waals surface area (Å²) >= 11 is 0. The predicted molar refractivity (Wildman–Crippen MR) is 162 cm³/mol. The Hall–Kier alpha value is -3.44. The first-order chi connectivity index (χ1) is 19.5. The second-order valence-electron chi connectivity index (χ2n) is 12.2. The maximum absolute atomic E-state index is 13.1. The van der Waals surface area contributed by atoms with Crippen molar-refractivity contribution in [1.82, 2.24) is 19.4 Å². The minimum atomic E-state index is -1.24. The van der Waals surface area contributed by atoms with Crippen molar-refractivity contribution in [2.45, 2.75) is 90.8 Å². The third-order valence-corrected chi connectivity index (χ3v) is 8.81. The second kappa shape index (κ2) is 13.5. The van der Waals surface area contributed by atoms with Gasteiger partial charge >= 0.3 is 12.1 Å². The van der Waals surface area contributed by atoms with Crippen LogP contribution in [0.3, 0.4) is 0 Å². The van der Waals surface area contributed by atoms with Crippen LogP contribution in [0.1, 0.15) is 49.5 Å². The molecule has 1 amide bonds. The molecule has 1 aromatic carbocycles. The highest BCUT2D eigenvalue weighted by molar-refractivity contribution is 6.76. The lowest BCUT2D eigenvalue weighted by Gasteiger charge is -2.37. The SMILES string of the molecule is CC(C)OC(=O)c1cn(COCC[Si](C)(C)C)c2ncnc(N[C@@H]3CC[C@H](C)N(C(=O)OCc4ccccc4)C3)c12. The second-order valence-corrected chi connectivity index (χ2v) is 17.8. The molecule has 0 unspecified atom stereocenters. The van der Waals surface area contributed by atoms with Crippen LogP contribution >= 0.6 is 0 Å². The molecule has 10 nitrogen and oxygen atoms in total. The normalized spacial score (nSPS) is 17.6. The Bertz CT molecular complexity index is 1320. The molecule has 3 heterocycles. The van der Waals surface area contributed by atoms with E-state index in [0.717, 1.165) is 24.4 Å². The molecule has 4 rings (SSSR count). The van der Waals surface area contributed by atoms with Crippen molar-refractivity contribution < 1.29 is 23.8 Å². The van der Waals surface area contributed by atoms with E-state index in [1.165, 1.54) is 6.33 Å². The van der Waals surface area contributed by atoms with Crippen LogP contribution < -0.4 is 5.32 Å².